The lowest BCUT2D eigenvalue weighted by atomic mass is 9.78. The Bertz CT molecular complexity index is 1100. The first-order valence-corrected chi connectivity index (χ1v) is 9.87. The first-order chi connectivity index (χ1) is 14.0. The molecule has 5 nitrogen and oxygen atoms in total. The molecule has 0 saturated carbocycles. The van der Waals surface area contributed by atoms with Gasteiger partial charge < -0.3 is 10.1 Å². The molecule has 1 unspecified atom stereocenters. The number of nitrogens with zero attached hydrogens (tertiary/aromatic N) is 1. The van der Waals surface area contributed by atoms with Crippen LogP contribution >= 0.6 is 0 Å². The van der Waals surface area contributed by atoms with Crippen LogP contribution in [0.2, 0.25) is 0 Å². The van der Waals surface area contributed by atoms with Crippen LogP contribution in [-0.4, -0.2) is 22.8 Å². The maximum Gasteiger partial charge on any atom is 0.336 e. The Kier molecular flexibility index (Phi) is 4.97. The Labute approximate surface area is 170 Å². The second kappa shape index (κ2) is 7.59. The first kappa shape index (κ1) is 19.0. The van der Waals surface area contributed by atoms with Crippen molar-refractivity contribution in [1.29, 1.82) is 0 Å². The van der Waals surface area contributed by atoms with Crippen molar-refractivity contribution in [3.8, 4) is 11.3 Å². The van der Waals surface area contributed by atoms with Crippen molar-refractivity contribution in [2.75, 3.05) is 11.9 Å². The van der Waals surface area contributed by atoms with E-state index >= 15 is 0 Å². The topological polar surface area (TPSA) is 67.0 Å². The molecule has 0 radical (unpaired) electrons. The third-order valence-corrected chi connectivity index (χ3v) is 5.39. The molecular formula is C24H25N3O2. The molecule has 0 bridgehead atoms. The van der Waals surface area contributed by atoms with Crippen LogP contribution in [0.5, 0.6) is 0 Å². The predicted molar refractivity (Wildman–Crippen MR) is 115 cm³/mol. The van der Waals surface area contributed by atoms with Gasteiger partial charge in [-0.2, -0.15) is 5.10 Å². The van der Waals surface area contributed by atoms with Crippen molar-refractivity contribution in [3.05, 3.63) is 82.1 Å². The highest BCUT2D eigenvalue weighted by atomic mass is 16.5. The molecule has 0 saturated heterocycles. The van der Waals surface area contributed by atoms with Crippen molar-refractivity contribution in [1.82, 2.24) is 10.2 Å². The number of hydrogen-bond acceptors (Lipinski definition) is 4. The molecule has 2 aromatic carbocycles. The van der Waals surface area contributed by atoms with E-state index in [-0.39, 0.29) is 11.9 Å². The van der Waals surface area contributed by atoms with Crippen molar-refractivity contribution < 1.29 is 9.53 Å². The largest absolute Gasteiger partial charge is 0.463 e. The van der Waals surface area contributed by atoms with Crippen LogP contribution in [-0.2, 0) is 9.53 Å². The summed E-state index contributed by atoms with van der Waals surface area (Å²) in [5, 5.41) is 11.1. The molecule has 1 aliphatic heterocycles. The molecule has 0 amide bonds. The highest BCUT2D eigenvalue weighted by molar-refractivity contribution is 5.95. The number of H-pyrrole nitrogens is 1. The Morgan fingerprint density at radius 3 is 2.59 bits per heavy atom. The van der Waals surface area contributed by atoms with Gasteiger partial charge in [0.2, 0.25) is 0 Å². The van der Waals surface area contributed by atoms with E-state index in [4.69, 9.17) is 4.74 Å². The quantitative estimate of drug-likeness (QED) is 0.612. The maximum absolute atomic E-state index is 13.0. The average Bonchev–Trinajstić information content (AvgIpc) is 3.13. The van der Waals surface area contributed by atoms with E-state index in [1.807, 2.05) is 44.2 Å². The highest BCUT2D eigenvalue weighted by Crippen LogP contribution is 2.46. The summed E-state index contributed by atoms with van der Waals surface area (Å²) in [5.41, 5.74) is 7.60. The van der Waals surface area contributed by atoms with Gasteiger partial charge in [-0.15, -0.1) is 0 Å². The number of hydrogen-bond donors (Lipinski definition) is 2. The third kappa shape index (κ3) is 3.33. The number of allylic oxidation sites excluding steroid dienone is 1. The van der Waals surface area contributed by atoms with E-state index in [2.05, 4.69) is 47.6 Å². The molecule has 4 rings (SSSR count). The Balaban J connectivity index is 1.99. The number of fused-ring (bicyclic) bond motifs is 1. The number of esters is 1. The third-order valence-electron chi connectivity index (χ3n) is 5.39. The van der Waals surface area contributed by atoms with Gasteiger partial charge in [0.25, 0.3) is 0 Å². The molecule has 0 fully saturated rings. The normalized spacial score (nSPS) is 15.7. The summed E-state index contributed by atoms with van der Waals surface area (Å²) in [7, 11) is 0. The second-order valence-electron chi connectivity index (χ2n) is 7.40. The minimum absolute atomic E-state index is 0.265. The molecule has 148 valence electrons. The van der Waals surface area contributed by atoms with E-state index in [0.717, 1.165) is 45.0 Å². The number of ether oxygens (including phenoxy) is 1. The summed E-state index contributed by atoms with van der Waals surface area (Å²) >= 11 is 0. The fourth-order valence-electron chi connectivity index (χ4n) is 4.02. The van der Waals surface area contributed by atoms with Gasteiger partial charge in [0, 0.05) is 22.7 Å². The molecule has 1 aliphatic rings. The number of aromatic nitrogens is 2. The van der Waals surface area contributed by atoms with Gasteiger partial charge >= 0.3 is 5.97 Å². The minimum atomic E-state index is -0.297. The monoisotopic (exact) mass is 387 g/mol. The summed E-state index contributed by atoms with van der Waals surface area (Å²) in [6, 6.07) is 16.4. The number of carbonyl (C=O) groups excluding carboxylic acids is 1. The van der Waals surface area contributed by atoms with Gasteiger partial charge in [-0.3, -0.25) is 5.10 Å². The number of benzene rings is 2. The number of carbonyl (C=O) groups is 1. The highest BCUT2D eigenvalue weighted by Gasteiger charge is 2.37. The minimum Gasteiger partial charge on any atom is -0.463 e. The van der Waals surface area contributed by atoms with Crippen LogP contribution in [0.25, 0.3) is 11.3 Å². The van der Waals surface area contributed by atoms with Crippen molar-refractivity contribution in [2.24, 2.45) is 0 Å². The summed E-state index contributed by atoms with van der Waals surface area (Å²) < 4.78 is 5.44. The number of anilines is 1. The number of aromatic amines is 1. The van der Waals surface area contributed by atoms with Crippen LogP contribution in [0.3, 0.4) is 0 Å². The number of rotatable bonds is 4. The first-order valence-electron chi connectivity index (χ1n) is 9.87. The van der Waals surface area contributed by atoms with Crippen molar-refractivity contribution in [2.45, 2.75) is 33.6 Å². The standard InChI is InChI=1S/C24H25N3O2/c1-5-29-24(28)19-16(4)25-23-21(20(19)18-13-14(2)11-12-15(18)3)22(26-27-23)17-9-7-6-8-10-17/h6-13,20H,5H2,1-4H3,(H2,25,26,27). The zero-order valence-electron chi connectivity index (χ0n) is 17.2. The molecule has 2 N–H and O–H groups in total. The van der Waals surface area contributed by atoms with Gasteiger partial charge in [0.1, 0.15) is 5.82 Å². The summed E-state index contributed by atoms with van der Waals surface area (Å²) in [6.45, 7) is 8.22. The van der Waals surface area contributed by atoms with Crippen molar-refractivity contribution in [3.63, 3.8) is 0 Å². The molecule has 3 aromatic rings. The lowest BCUT2D eigenvalue weighted by Gasteiger charge is -2.29. The molecule has 0 aliphatic carbocycles. The number of aryl methyl sites for hydroxylation is 2. The summed E-state index contributed by atoms with van der Waals surface area (Å²) in [6.07, 6.45) is 0. The summed E-state index contributed by atoms with van der Waals surface area (Å²) in [5.74, 6) is 0.258. The Hall–Kier alpha value is -3.34. The van der Waals surface area contributed by atoms with E-state index in [1.165, 1.54) is 0 Å². The maximum atomic E-state index is 13.0. The lowest BCUT2D eigenvalue weighted by Crippen LogP contribution is -2.25. The fraction of sp³-hybridized carbons (Fsp3) is 0.250. The molecule has 0 spiro atoms. The van der Waals surface area contributed by atoms with E-state index < -0.39 is 0 Å². The molecule has 5 heteroatoms. The van der Waals surface area contributed by atoms with Gasteiger partial charge in [0.05, 0.1) is 17.9 Å². The van der Waals surface area contributed by atoms with Crippen LogP contribution in [0.15, 0.2) is 59.8 Å². The lowest BCUT2D eigenvalue weighted by molar-refractivity contribution is -0.138. The van der Waals surface area contributed by atoms with Gasteiger partial charge in [-0.25, -0.2) is 4.79 Å². The molecule has 1 aromatic heterocycles. The molecule has 29 heavy (non-hydrogen) atoms. The van der Waals surface area contributed by atoms with E-state index in [0.29, 0.717) is 12.2 Å². The van der Waals surface area contributed by atoms with E-state index in [9.17, 15) is 4.79 Å². The second-order valence-corrected chi connectivity index (χ2v) is 7.40. The Morgan fingerprint density at radius 1 is 1.10 bits per heavy atom. The number of nitrogens with one attached hydrogen (secondary N) is 2. The molecular weight excluding hydrogens is 362 g/mol. The van der Waals surface area contributed by atoms with Gasteiger partial charge in [0.15, 0.2) is 0 Å². The van der Waals surface area contributed by atoms with Crippen molar-refractivity contribution >= 4 is 11.8 Å². The van der Waals surface area contributed by atoms with Crippen LogP contribution in [0.1, 0.15) is 42.0 Å². The van der Waals surface area contributed by atoms with Crippen LogP contribution in [0.4, 0.5) is 5.82 Å². The zero-order chi connectivity index (χ0) is 20.5. The molecule has 1 atom stereocenters. The average molecular weight is 387 g/mol. The van der Waals surface area contributed by atoms with Crippen LogP contribution < -0.4 is 5.32 Å². The predicted octanol–water partition coefficient (Wildman–Crippen LogP) is 5.09. The fourth-order valence-corrected chi connectivity index (χ4v) is 4.02. The smallest absolute Gasteiger partial charge is 0.336 e. The zero-order valence-corrected chi connectivity index (χ0v) is 17.2. The molecule has 2 heterocycles. The SMILES string of the molecule is CCOC(=O)C1=C(C)Nc2[nH]nc(-c3ccccc3)c2C1c1cc(C)ccc1C. The van der Waals surface area contributed by atoms with Gasteiger partial charge in [-0.05, 0) is 38.8 Å². The van der Waals surface area contributed by atoms with E-state index in [1.54, 1.807) is 0 Å². The van der Waals surface area contributed by atoms with Crippen LogP contribution in [0, 0.1) is 13.8 Å². The Morgan fingerprint density at radius 2 is 1.86 bits per heavy atom. The van der Waals surface area contributed by atoms with Gasteiger partial charge in [-0.1, -0.05) is 54.1 Å². The summed E-state index contributed by atoms with van der Waals surface area (Å²) in [4.78, 5) is 13.0.